The molecule has 0 heterocycles. The Morgan fingerprint density at radius 1 is 0.485 bits per heavy atom. The number of halogens is 2. The fourth-order valence-electron chi connectivity index (χ4n) is 6.55. The summed E-state index contributed by atoms with van der Waals surface area (Å²) in [5.41, 5.74) is 13.9. The van der Waals surface area contributed by atoms with Gasteiger partial charge in [0, 0.05) is 145 Å². The lowest BCUT2D eigenvalue weighted by atomic mass is 10.0. The molecule has 68 heavy (non-hydrogen) atoms. The monoisotopic (exact) mass is 954 g/mol. The lowest BCUT2D eigenvalue weighted by molar-refractivity contribution is -0.104. The van der Waals surface area contributed by atoms with E-state index >= 15 is 0 Å². The molecule has 0 N–H and O–H groups in total. The number of rotatable bonds is 14. The predicted octanol–water partition coefficient (Wildman–Crippen LogP) is 8.57. The van der Waals surface area contributed by atoms with Gasteiger partial charge in [0.1, 0.15) is 6.29 Å². The molecular formula is C57H71Cl2N8O-. The zero-order valence-electron chi connectivity index (χ0n) is 41.1. The molecule has 0 amide bonds. The number of nitrogens with zero attached hydrogens (tertiary/aromatic N) is 8. The van der Waals surface area contributed by atoms with E-state index in [-0.39, 0.29) is 19.8 Å². The van der Waals surface area contributed by atoms with Crippen LogP contribution in [0.1, 0.15) is 35.2 Å². The van der Waals surface area contributed by atoms with Crippen molar-refractivity contribution in [2.45, 2.75) is 13.5 Å². The van der Waals surface area contributed by atoms with Crippen LogP contribution in [-0.4, -0.2) is 113 Å². The molecule has 0 saturated heterocycles. The van der Waals surface area contributed by atoms with Gasteiger partial charge in [0.25, 0.3) is 0 Å². The predicted molar refractivity (Wildman–Crippen MR) is 296 cm³/mol. The Bertz CT molecular complexity index is 2360. The number of hydrogen-bond donors (Lipinski definition) is 0. The molecule has 0 unspecified atom stereocenters. The molecule has 9 nitrogen and oxygen atoms in total. The molecule has 0 spiro atoms. The van der Waals surface area contributed by atoms with Crippen molar-refractivity contribution < 1.29 is 17.2 Å². The number of likely N-dealkylation sites (N-methyl/N-ethyl adjacent to an activating group) is 1. The van der Waals surface area contributed by atoms with E-state index in [1.807, 2.05) is 108 Å². The Morgan fingerprint density at radius 2 is 0.809 bits per heavy atom. The highest BCUT2D eigenvalue weighted by Crippen LogP contribution is 2.22. The third-order valence-corrected chi connectivity index (χ3v) is 10.8. The summed E-state index contributed by atoms with van der Waals surface area (Å²) in [6, 6.07) is 41.8. The number of benzene rings is 5. The summed E-state index contributed by atoms with van der Waals surface area (Å²) in [6.07, 6.45) is 18.7. The number of carbonyl (C=O) groups is 1. The van der Waals surface area contributed by atoms with Crippen LogP contribution in [0.4, 0.5) is 28.4 Å². The first-order chi connectivity index (χ1) is 31.6. The van der Waals surface area contributed by atoms with E-state index in [0.29, 0.717) is 6.04 Å². The highest BCUT2D eigenvalue weighted by atomic mass is 35.5. The minimum Gasteiger partial charge on any atom is -1.00 e. The van der Waals surface area contributed by atoms with Gasteiger partial charge in [0.2, 0.25) is 0 Å². The lowest BCUT2D eigenvalue weighted by Gasteiger charge is -2.19. The number of hydrogen-bond acceptors (Lipinski definition) is 9. The Kier molecular flexibility index (Phi) is 24.7. The van der Waals surface area contributed by atoms with Gasteiger partial charge in [-0.05, 0) is 98.0 Å². The third-order valence-electron chi connectivity index (χ3n) is 10.6. The van der Waals surface area contributed by atoms with Crippen LogP contribution < -0.4 is 36.9 Å². The molecule has 11 heteroatoms. The van der Waals surface area contributed by atoms with Crippen LogP contribution in [0.15, 0.2) is 185 Å². The number of allylic oxidation sites excluding steroid dienone is 6. The average molecular weight is 955 g/mol. The Balaban J connectivity index is 0.000000379. The normalized spacial score (nSPS) is 12.3. The summed E-state index contributed by atoms with van der Waals surface area (Å²) in [7, 11) is 24.4. The number of anilines is 5. The first-order valence-electron chi connectivity index (χ1n) is 21.8. The summed E-state index contributed by atoms with van der Waals surface area (Å²) in [5.74, 6) is 0. The van der Waals surface area contributed by atoms with Gasteiger partial charge in [-0.3, -0.25) is 14.7 Å². The van der Waals surface area contributed by atoms with Crippen LogP contribution in [0.2, 0.25) is 0 Å². The summed E-state index contributed by atoms with van der Waals surface area (Å²) in [5, 5.41) is 0. The number of carbonyl (C=O) groups excluding carboxylic acids is 1. The summed E-state index contributed by atoms with van der Waals surface area (Å²) < 4.78 is 3.94. The maximum atomic E-state index is 10.1. The van der Waals surface area contributed by atoms with Crippen LogP contribution in [0, 0.1) is 0 Å². The fraction of sp³-hybridized carbons (Fsp3) is 0.246. The first-order valence-corrected chi connectivity index (χ1v) is 22.1. The second kappa shape index (κ2) is 29.2. The zero-order valence-corrected chi connectivity index (χ0v) is 42.7. The smallest absolute Gasteiger partial charge is 0.142 e. The molecular weight excluding hydrogens is 884 g/mol. The molecule has 5 aromatic carbocycles. The van der Waals surface area contributed by atoms with Crippen LogP contribution in [0.25, 0.3) is 6.08 Å². The van der Waals surface area contributed by atoms with Crippen molar-refractivity contribution in [2.24, 2.45) is 9.50 Å². The fourth-order valence-corrected chi connectivity index (χ4v) is 6.75. The quantitative estimate of drug-likeness (QED) is 0.0629. The largest absolute Gasteiger partial charge is 1.00 e. The maximum Gasteiger partial charge on any atom is 0.142 e. The van der Waals surface area contributed by atoms with Gasteiger partial charge in [0.05, 0.1) is 11.4 Å². The van der Waals surface area contributed by atoms with Crippen molar-refractivity contribution in [3.05, 3.63) is 203 Å². The van der Waals surface area contributed by atoms with E-state index in [4.69, 9.17) is 16.8 Å². The molecule has 0 atom stereocenters. The SMILES string of the molecule is C.CN(C)c1ccc(C(=NC=CC=C2C=CC(N(C)C)C=C2)c2ccc(N(C)C)cc2)cc1.CN(C)c1ccc(C(=NCl)c2ccc(N(C)C)cc2)cc1.CN(C)c1ccc(C=CC=O)cc1.[Cl-]. The van der Waals surface area contributed by atoms with Crippen LogP contribution in [-0.2, 0) is 4.79 Å². The maximum absolute atomic E-state index is 10.1. The molecule has 0 bridgehead atoms. The molecule has 6 rings (SSSR count). The van der Waals surface area contributed by atoms with E-state index in [2.05, 4.69) is 174 Å². The first kappa shape index (κ1) is 57.5. The minimum atomic E-state index is 0. The van der Waals surface area contributed by atoms with Crippen molar-refractivity contribution in [2.75, 3.05) is 109 Å². The highest BCUT2D eigenvalue weighted by molar-refractivity contribution is 6.27. The van der Waals surface area contributed by atoms with Crippen molar-refractivity contribution >= 4 is 64.0 Å². The van der Waals surface area contributed by atoms with Crippen LogP contribution >= 0.6 is 11.8 Å². The topological polar surface area (TPSA) is 61.2 Å². The molecule has 1 aliphatic carbocycles. The summed E-state index contributed by atoms with van der Waals surface area (Å²) in [4.78, 5) is 27.5. The summed E-state index contributed by atoms with van der Waals surface area (Å²) in [6.45, 7) is 0. The Labute approximate surface area is 419 Å². The van der Waals surface area contributed by atoms with E-state index in [1.165, 1.54) is 23.0 Å². The van der Waals surface area contributed by atoms with Crippen molar-refractivity contribution in [1.82, 2.24) is 4.90 Å². The zero-order chi connectivity index (χ0) is 48.2. The third kappa shape index (κ3) is 17.9. The number of aldehydes is 1. The molecule has 0 aliphatic heterocycles. The molecule has 0 saturated carbocycles. The van der Waals surface area contributed by atoms with Gasteiger partial charge in [-0.15, -0.1) is 0 Å². The molecule has 5 aromatic rings. The van der Waals surface area contributed by atoms with Gasteiger partial charge in [-0.1, -0.05) is 105 Å². The van der Waals surface area contributed by atoms with Crippen LogP contribution in [0.3, 0.4) is 0 Å². The molecule has 0 aromatic heterocycles. The van der Waals surface area contributed by atoms with Crippen molar-refractivity contribution in [3.63, 3.8) is 0 Å². The van der Waals surface area contributed by atoms with E-state index in [0.717, 1.165) is 62.6 Å². The van der Waals surface area contributed by atoms with Crippen molar-refractivity contribution in [3.8, 4) is 0 Å². The van der Waals surface area contributed by atoms with Gasteiger partial charge < -0.3 is 36.9 Å². The van der Waals surface area contributed by atoms with Gasteiger partial charge in [-0.2, -0.15) is 4.51 Å². The number of aliphatic imine (C=N–C) groups is 1. The molecule has 0 radical (unpaired) electrons. The Morgan fingerprint density at radius 3 is 1.10 bits per heavy atom. The average Bonchev–Trinajstić information content (AvgIpc) is 3.32. The van der Waals surface area contributed by atoms with E-state index in [1.54, 1.807) is 6.08 Å². The minimum absolute atomic E-state index is 0. The second-order valence-electron chi connectivity index (χ2n) is 16.8. The second-order valence-corrected chi connectivity index (χ2v) is 17.0. The van der Waals surface area contributed by atoms with E-state index < -0.39 is 0 Å². The van der Waals surface area contributed by atoms with E-state index in [9.17, 15) is 4.79 Å². The van der Waals surface area contributed by atoms with Gasteiger partial charge in [0.15, 0.2) is 0 Å². The van der Waals surface area contributed by atoms with Gasteiger partial charge in [-0.25, -0.2) is 0 Å². The lowest BCUT2D eigenvalue weighted by Crippen LogP contribution is -3.00. The standard InChI is InChI=1S/C28H34N4.C17H20ClN3.C11H13NO.CH4.ClH/c1-30(2)25-15-9-22(10-16-25)8-7-21-29-28(23-11-17-26(18-12-23)31(3)4)24-13-19-27(20-14-24)32(5)6;1-20(2)15-9-5-13(6-10-15)17(19-18)14-7-11-16(12-8-14)21(3)4;1-12(2)11-7-5-10(6-8-11)4-3-9-13;;/h7-21,25H,1-6H3;5-12H,1-4H3;3-9H,1-2H3;1H4;1H/p-1. The highest BCUT2D eigenvalue weighted by Gasteiger charge is 2.10. The van der Waals surface area contributed by atoms with Gasteiger partial charge >= 0.3 is 0 Å². The molecule has 1 aliphatic rings. The van der Waals surface area contributed by atoms with Crippen LogP contribution in [0.5, 0.6) is 0 Å². The molecule has 360 valence electrons. The molecule has 0 fully saturated rings. The Hall–Kier alpha value is -6.65. The summed E-state index contributed by atoms with van der Waals surface area (Å²) >= 11 is 5.81. The van der Waals surface area contributed by atoms with Crippen molar-refractivity contribution in [1.29, 1.82) is 0 Å².